The van der Waals surface area contributed by atoms with Crippen LogP contribution >= 0.6 is 23.1 Å². The Morgan fingerprint density at radius 1 is 1.27 bits per heavy atom. The van der Waals surface area contributed by atoms with Crippen LogP contribution in [0.3, 0.4) is 0 Å². The van der Waals surface area contributed by atoms with E-state index < -0.39 is 17.8 Å². The van der Waals surface area contributed by atoms with E-state index in [2.05, 4.69) is 20.0 Å². The van der Waals surface area contributed by atoms with Gasteiger partial charge in [0, 0.05) is 12.3 Å². The second kappa shape index (κ2) is 8.63. The third kappa shape index (κ3) is 4.49. The average Bonchev–Trinajstić information content (AvgIpc) is 2.94. The molecule has 0 spiro atoms. The van der Waals surface area contributed by atoms with Gasteiger partial charge in [-0.1, -0.05) is 11.8 Å². The van der Waals surface area contributed by atoms with Gasteiger partial charge in [-0.15, -0.1) is 11.3 Å². The van der Waals surface area contributed by atoms with Crippen LogP contribution in [0, 0.1) is 6.92 Å². The van der Waals surface area contributed by atoms with Gasteiger partial charge in [-0.2, -0.15) is 0 Å². The van der Waals surface area contributed by atoms with E-state index in [-0.39, 0.29) is 26.8 Å². The molecule has 0 aliphatic carbocycles. The van der Waals surface area contributed by atoms with Crippen molar-refractivity contribution >= 4 is 45.9 Å². The topological polar surface area (TPSA) is 127 Å². The molecule has 0 aliphatic heterocycles. The first-order valence-corrected chi connectivity index (χ1v) is 8.95. The average molecular weight is 397 g/mol. The maximum absolute atomic E-state index is 12.2. The number of nitrogens with zero attached hydrogens (tertiary/aromatic N) is 1. The summed E-state index contributed by atoms with van der Waals surface area (Å²) in [5, 5.41) is 3.06. The monoisotopic (exact) mass is 397 g/mol. The van der Waals surface area contributed by atoms with Crippen molar-refractivity contribution < 1.29 is 23.9 Å². The first-order valence-electron chi connectivity index (χ1n) is 7.15. The quantitative estimate of drug-likeness (QED) is 0.426. The molecule has 0 saturated heterocycles. The van der Waals surface area contributed by atoms with Gasteiger partial charge in [-0.3, -0.25) is 9.59 Å². The van der Waals surface area contributed by atoms with Crippen LogP contribution in [0.25, 0.3) is 0 Å². The molecule has 0 aromatic carbocycles. The minimum absolute atomic E-state index is 0.0575. The van der Waals surface area contributed by atoms with E-state index in [1.54, 1.807) is 6.92 Å². The highest BCUT2D eigenvalue weighted by Crippen LogP contribution is 2.34. The summed E-state index contributed by atoms with van der Waals surface area (Å²) in [6.07, 6.45) is 1.33. The predicted octanol–water partition coefficient (Wildman–Crippen LogP) is 1.44. The number of methoxy groups -OCH3 is 2. The summed E-state index contributed by atoms with van der Waals surface area (Å²) in [5.74, 6) is -1.79. The lowest BCUT2D eigenvalue weighted by atomic mass is 10.1. The molecule has 2 aromatic heterocycles. The minimum atomic E-state index is -0.675. The zero-order valence-corrected chi connectivity index (χ0v) is 15.7. The van der Waals surface area contributed by atoms with Gasteiger partial charge in [-0.25, -0.2) is 14.6 Å². The van der Waals surface area contributed by atoms with Gasteiger partial charge >= 0.3 is 11.9 Å². The van der Waals surface area contributed by atoms with Gasteiger partial charge in [0.2, 0.25) is 5.91 Å². The fourth-order valence-electron chi connectivity index (χ4n) is 1.96. The SMILES string of the molecule is COC(=O)c1sc(NC(=O)CSc2nccc(=O)[nH]2)c(C(=O)OC)c1C. The van der Waals surface area contributed by atoms with Crippen LogP contribution in [-0.4, -0.2) is 47.8 Å². The van der Waals surface area contributed by atoms with Crippen molar-refractivity contribution in [2.24, 2.45) is 0 Å². The highest BCUT2D eigenvalue weighted by Gasteiger charge is 2.26. The summed E-state index contributed by atoms with van der Waals surface area (Å²) in [6.45, 7) is 1.57. The summed E-state index contributed by atoms with van der Waals surface area (Å²) in [4.78, 5) is 53.8. The summed E-state index contributed by atoms with van der Waals surface area (Å²) >= 11 is 1.95. The zero-order valence-electron chi connectivity index (χ0n) is 14.1. The zero-order chi connectivity index (χ0) is 19.3. The van der Waals surface area contributed by atoms with E-state index >= 15 is 0 Å². The molecule has 9 nitrogen and oxygen atoms in total. The van der Waals surface area contributed by atoms with Crippen molar-refractivity contribution in [3.05, 3.63) is 38.6 Å². The number of esters is 2. The number of carbonyl (C=O) groups excluding carboxylic acids is 3. The van der Waals surface area contributed by atoms with Crippen molar-refractivity contribution in [1.29, 1.82) is 0 Å². The number of thiophene rings is 1. The van der Waals surface area contributed by atoms with Crippen LogP contribution in [0.5, 0.6) is 0 Å². The Hall–Kier alpha value is -2.66. The molecule has 2 N–H and O–H groups in total. The van der Waals surface area contributed by atoms with Crippen molar-refractivity contribution in [2.75, 3.05) is 25.3 Å². The molecule has 0 saturated carbocycles. The number of anilines is 1. The van der Waals surface area contributed by atoms with Crippen LogP contribution in [0.15, 0.2) is 22.2 Å². The predicted molar refractivity (Wildman–Crippen MR) is 95.9 cm³/mol. The Bertz CT molecular complexity index is 905. The molecule has 2 rings (SSSR count). The lowest BCUT2D eigenvalue weighted by molar-refractivity contribution is -0.113. The Morgan fingerprint density at radius 3 is 2.58 bits per heavy atom. The molecule has 0 atom stereocenters. The fourth-order valence-corrected chi connectivity index (χ4v) is 3.74. The molecule has 0 aliphatic rings. The normalized spacial score (nSPS) is 10.3. The lowest BCUT2D eigenvalue weighted by Gasteiger charge is -2.05. The molecule has 0 radical (unpaired) electrons. The number of nitrogens with one attached hydrogen (secondary N) is 2. The van der Waals surface area contributed by atoms with E-state index in [1.807, 2.05) is 0 Å². The number of hydrogen-bond donors (Lipinski definition) is 2. The third-order valence-electron chi connectivity index (χ3n) is 3.15. The molecule has 0 bridgehead atoms. The van der Waals surface area contributed by atoms with Crippen LogP contribution in [0.1, 0.15) is 25.6 Å². The summed E-state index contributed by atoms with van der Waals surface area (Å²) in [6, 6.07) is 1.26. The summed E-state index contributed by atoms with van der Waals surface area (Å²) in [7, 11) is 2.43. The molecule has 2 heterocycles. The molecule has 26 heavy (non-hydrogen) atoms. The van der Waals surface area contributed by atoms with E-state index in [9.17, 15) is 19.2 Å². The largest absolute Gasteiger partial charge is 0.465 e. The van der Waals surface area contributed by atoms with E-state index in [1.165, 1.54) is 26.5 Å². The number of aromatic nitrogens is 2. The second-order valence-electron chi connectivity index (χ2n) is 4.82. The van der Waals surface area contributed by atoms with Gasteiger partial charge in [0.25, 0.3) is 5.56 Å². The van der Waals surface area contributed by atoms with Crippen molar-refractivity contribution in [3.63, 3.8) is 0 Å². The maximum Gasteiger partial charge on any atom is 0.348 e. The van der Waals surface area contributed by atoms with Crippen molar-refractivity contribution in [2.45, 2.75) is 12.1 Å². The number of amides is 1. The fraction of sp³-hybridized carbons (Fsp3) is 0.267. The summed E-state index contributed by atoms with van der Waals surface area (Å²) < 4.78 is 9.40. The van der Waals surface area contributed by atoms with Crippen LogP contribution in [0.2, 0.25) is 0 Å². The van der Waals surface area contributed by atoms with E-state index in [0.29, 0.717) is 10.7 Å². The number of H-pyrrole nitrogens is 1. The van der Waals surface area contributed by atoms with Gasteiger partial charge in [0.1, 0.15) is 9.88 Å². The van der Waals surface area contributed by atoms with Crippen LogP contribution in [-0.2, 0) is 14.3 Å². The Balaban J connectivity index is 2.19. The molecule has 0 fully saturated rings. The van der Waals surface area contributed by atoms with Crippen molar-refractivity contribution in [3.8, 4) is 0 Å². The smallest absolute Gasteiger partial charge is 0.348 e. The molecule has 2 aromatic rings. The number of ether oxygens (including phenoxy) is 2. The molecule has 11 heteroatoms. The maximum atomic E-state index is 12.2. The second-order valence-corrected chi connectivity index (χ2v) is 6.80. The van der Waals surface area contributed by atoms with Gasteiger partial charge in [0.05, 0.1) is 25.5 Å². The van der Waals surface area contributed by atoms with E-state index in [0.717, 1.165) is 23.1 Å². The van der Waals surface area contributed by atoms with Gasteiger partial charge < -0.3 is 19.8 Å². The standard InChI is InChI=1S/C15H15N3O6S2/c1-7-10(13(21)23-2)12(26-11(7)14(22)24-3)17-9(20)6-25-15-16-5-4-8(19)18-15/h4-5H,6H2,1-3H3,(H,17,20)(H,16,18,19). The first-order chi connectivity index (χ1) is 12.4. The number of hydrogen-bond acceptors (Lipinski definition) is 9. The Labute approximate surface area is 156 Å². The Morgan fingerprint density at radius 2 is 1.96 bits per heavy atom. The minimum Gasteiger partial charge on any atom is -0.465 e. The van der Waals surface area contributed by atoms with Crippen LogP contribution < -0.4 is 10.9 Å². The number of aromatic amines is 1. The molecular formula is C15H15N3O6S2. The van der Waals surface area contributed by atoms with E-state index in [4.69, 9.17) is 4.74 Å². The van der Waals surface area contributed by atoms with Crippen molar-refractivity contribution in [1.82, 2.24) is 9.97 Å². The van der Waals surface area contributed by atoms with Crippen LogP contribution in [0.4, 0.5) is 5.00 Å². The van der Waals surface area contributed by atoms with Gasteiger partial charge in [0.15, 0.2) is 5.16 Å². The number of rotatable bonds is 6. The third-order valence-corrected chi connectivity index (χ3v) is 5.22. The number of carbonyl (C=O) groups is 3. The highest BCUT2D eigenvalue weighted by molar-refractivity contribution is 7.99. The molecule has 0 unspecified atom stereocenters. The molecule has 1 amide bonds. The van der Waals surface area contributed by atoms with Gasteiger partial charge in [-0.05, 0) is 12.5 Å². The Kier molecular flexibility index (Phi) is 6.52. The first kappa shape index (κ1) is 19.7. The number of thioether (sulfide) groups is 1. The summed E-state index contributed by atoms with van der Waals surface area (Å²) in [5.41, 5.74) is 0.140. The molecule has 138 valence electrons. The lowest BCUT2D eigenvalue weighted by Crippen LogP contribution is -2.16. The highest BCUT2D eigenvalue weighted by atomic mass is 32.2. The molecular weight excluding hydrogens is 382 g/mol.